The van der Waals surface area contributed by atoms with E-state index in [1.54, 1.807) is 12.1 Å². The van der Waals surface area contributed by atoms with Crippen molar-refractivity contribution >= 4 is 5.91 Å². The molecule has 0 saturated heterocycles. The number of aliphatic hydroxyl groups is 2. The zero-order valence-corrected chi connectivity index (χ0v) is 13.4. The summed E-state index contributed by atoms with van der Waals surface area (Å²) in [4.78, 5) is 16.5. The van der Waals surface area contributed by atoms with E-state index in [9.17, 15) is 9.90 Å². The quantitative estimate of drug-likeness (QED) is 0.760. The summed E-state index contributed by atoms with van der Waals surface area (Å²) < 4.78 is 0. The maximum absolute atomic E-state index is 12.0. The van der Waals surface area contributed by atoms with Crippen molar-refractivity contribution in [2.45, 2.75) is 26.4 Å². The molecular weight excluding hydrogens is 292 g/mol. The molecule has 1 aromatic heterocycles. The average Bonchev–Trinajstić information content (AvgIpc) is 2.53. The second-order valence-electron chi connectivity index (χ2n) is 5.63. The zero-order chi connectivity index (χ0) is 16.8. The van der Waals surface area contributed by atoms with Gasteiger partial charge in [-0.2, -0.15) is 0 Å². The third kappa shape index (κ3) is 4.87. The predicted octanol–water partition coefficient (Wildman–Crippen LogP) is 1.84. The lowest BCUT2D eigenvalue weighted by Crippen LogP contribution is -2.28. The van der Waals surface area contributed by atoms with Crippen LogP contribution in [0.1, 0.15) is 28.0 Å². The second-order valence-corrected chi connectivity index (χ2v) is 5.63. The van der Waals surface area contributed by atoms with E-state index in [4.69, 9.17) is 5.11 Å². The number of nitrogens with zero attached hydrogens (tertiary/aromatic N) is 1. The number of pyridine rings is 1. The molecule has 5 heteroatoms. The van der Waals surface area contributed by atoms with Gasteiger partial charge in [0.15, 0.2) is 0 Å². The zero-order valence-electron chi connectivity index (χ0n) is 13.4. The van der Waals surface area contributed by atoms with Gasteiger partial charge in [0.1, 0.15) is 0 Å². The first-order valence-electron chi connectivity index (χ1n) is 7.62. The van der Waals surface area contributed by atoms with Crippen LogP contribution in [-0.2, 0) is 0 Å². The minimum atomic E-state index is -0.798. The van der Waals surface area contributed by atoms with Crippen molar-refractivity contribution < 1.29 is 15.0 Å². The molecule has 1 amide bonds. The Labute approximate surface area is 136 Å². The molecular formula is C18H22N2O3. The van der Waals surface area contributed by atoms with E-state index in [0.29, 0.717) is 18.5 Å². The van der Waals surface area contributed by atoms with Gasteiger partial charge in [-0.05, 0) is 50.1 Å². The van der Waals surface area contributed by atoms with Gasteiger partial charge in [-0.3, -0.25) is 9.78 Å². The molecule has 0 radical (unpaired) electrons. The summed E-state index contributed by atoms with van der Waals surface area (Å²) >= 11 is 0. The molecule has 0 aliphatic heterocycles. The first-order valence-corrected chi connectivity index (χ1v) is 7.62. The molecule has 0 spiro atoms. The first-order chi connectivity index (χ1) is 11.0. The van der Waals surface area contributed by atoms with E-state index in [2.05, 4.69) is 10.3 Å². The van der Waals surface area contributed by atoms with E-state index in [1.165, 1.54) is 0 Å². The summed E-state index contributed by atoms with van der Waals surface area (Å²) in [6, 6.07) is 11.3. The van der Waals surface area contributed by atoms with Crippen molar-refractivity contribution in [3.63, 3.8) is 0 Å². The van der Waals surface area contributed by atoms with Gasteiger partial charge in [-0.1, -0.05) is 12.1 Å². The molecule has 0 aliphatic carbocycles. The number of carbonyl (C=O) groups excluding carboxylic acids is 1. The van der Waals surface area contributed by atoms with Gasteiger partial charge >= 0.3 is 0 Å². The summed E-state index contributed by atoms with van der Waals surface area (Å²) in [5, 5.41) is 20.7. The number of amides is 1. The molecule has 3 N–H and O–H groups in total. The van der Waals surface area contributed by atoms with Crippen LogP contribution in [0.5, 0.6) is 0 Å². The van der Waals surface area contributed by atoms with Crippen molar-refractivity contribution in [2.75, 3.05) is 13.2 Å². The summed E-state index contributed by atoms with van der Waals surface area (Å²) in [6.45, 7) is 4.01. The van der Waals surface area contributed by atoms with Crippen molar-refractivity contribution in [1.82, 2.24) is 10.3 Å². The fourth-order valence-corrected chi connectivity index (χ4v) is 2.33. The van der Waals surface area contributed by atoms with E-state index >= 15 is 0 Å². The molecule has 0 fully saturated rings. The summed E-state index contributed by atoms with van der Waals surface area (Å²) in [5.41, 5.74) is 4.52. The molecule has 1 unspecified atom stereocenters. The van der Waals surface area contributed by atoms with Gasteiger partial charge in [0.05, 0.1) is 18.4 Å². The van der Waals surface area contributed by atoms with Crippen LogP contribution >= 0.6 is 0 Å². The van der Waals surface area contributed by atoms with Gasteiger partial charge in [-0.25, -0.2) is 0 Å². The Hall–Kier alpha value is -2.24. The van der Waals surface area contributed by atoms with Crippen LogP contribution in [-0.4, -0.2) is 40.4 Å². The fraction of sp³-hybridized carbons (Fsp3) is 0.333. The van der Waals surface area contributed by atoms with Crippen LogP contribution in [0.3, 0.4) is 0 Å². The number of rotatable bonds is 6. The first kappa shape index (κ1) is 17.1. The van der Waals surface area contributed by atoms with Crippen molar-refractivity contribution in [2.24, 2.45) is 0 Å². The molecule has 2 aromatic rings. The number of aliphatic hydroxyl groups excluding tert-OH is 2. The molecule has 1 atom stereocenters. The van der Waals surface area contributed by atoms with Crippen LogP contribution in [0.15, 0.2) is 36.4 Å². The normalized spacial score (nSPS) is 12.0. The Bertz CT molecular complexity index is 648. The molecule has 0 aliphatic rings. The highest BCUT2D eigenvalue weighted by Crippen LogP contribution is 2.19. The number of aryl methyl sites for hydroxylation is 2. The van der Waals surface area contributed by atoms with Gasteiger partial charge < -0.3 is 15.5 Å². The number of hydrogen-bond acceptors (Lipinski definition) is 4. The number of carbonyl (C=O) groups is 1. The highest BCUT2D eigenvalue weighted by atomic mass is 16.3. The molecule has 122 valence electrons. The largest absolute Gasteiger partial charge is 0.394 e. The van der Waals surface area contributed by atoms with Gasteiger partial charge in [0.2, 0.25) is 0 Å². The SMILES string of the molecule is Cc1cc(C)nc(-c2ccc(C(=O)NCCC(O)CO)cc2)c1. The van der Waals surface area contributed by atoms with E-state index in [-0.39, 0.29) is 12.5 Å². The van der Waals surface area contributed by atoms with Crippen LogP contribution < -0.4 is 5.32 Å². The van der Waals surface area contributed by atoms with Crippen LogP contribution in [0, 0.1) is 13.8 Å². The lowest BCUT2D eigenvalue weighted by atomic mass is 10.1. The van der Waals surface area contributed by atoms with Gasteiger partial charge in [-0.15, -0.1) is 0 Å². The smallest absolute Gasteiger partial charge is 0.251 e. The molecule has 2 rings (SSSR count). The highest BCUT2D eigenvalue weighted by molar-refractivity contribution is 5.94. The van der Waals surface area contributed by atoms with E-state index in [0.717, 1.165) is 22.5 Å². The van der Waals surface area contributed by atoms with Crippen LogP contribution in [0.2, 0.25) is 0 Å². The maximum Gasteiger partial charge on any atom is 0.251 e. The average molecular weight is 314 g/mol. The third-order valence-corrected chi connectivity index (χ3v) is 3.51. The summed E-state index contributed by atoms with van der Waals surface area (Å²) in [6.07, 6.45) is -0.472. The molecule has 23 heavy (non-hydrogen) atoms. The Morgan fingerprint density at radius 2 is 1.91 bits per heavy atom. The Balaban J connectivity index is 2.02. The van der Waals surface area contributed by atoms with Crippen LogP contribution in [0.4, 0.5) is 0 Å². The molecule has 0 bridgehead atoms. The number of benzene rings is 1. The van der Waals surface area contributed by atoms with Gasteiger partial charge in [0.25, 0.3) is 5.91 Å². The second kappa shape index (κ2) is 7.85. The predicted molar refractivity (Wildman–Crippen MR) is 89.2 cm³/mol. The van der Waals surface area contributed by atoms with Crippen molar-refractivity contribution in [3.05, 3.63) is 53.2 Å². The van der Waals surface area contributed by atoms with Crippen LogP contribution in [0.25, 0.3) is 11.3 Å². The molecule has 1 heterocycles. The van der Waals surface area contributed by atoms with Crippen molar-refractivity contribution in [3.8, 4) is 11.3 Å². The summed E-state index contributed by atoms with van der Waals surface area (Å²) in [7, 11) is 0. The van der Waals surface area contributed by atoms with E-state index in [1.807, 2.05) is 38.1 Å². The molecule has 1 aromatic carbocycles. The van der Waals surface area contributed by atoms with E-state index < -0.39 is 6.10 Å². The topological polar surface area (TPSA) is 82.5 Å². The van der Waals surface area contributed by atoms with Gasteiger partial charge in [0, 0.05) is 23.4 Å². The lowest BCUT2D eigenvalue weighted by molar-refractivity contribution is 0.0834. The lowest BCUT2D eigenvalue weighted by Gasteiger charge is -2.09. The Morgan fingerprint density at radius 3 is 2.52 bits per heavy atom. The fourth-order valence-electron chi connectivity index (χ4n) is 2.33. The highest BCUT2D eigenvalue weighted by Gasteiger charge is 2.08. The minimum Gasteiger partial charge on any atom is -0.394 e. The Kier molecular flexibility index (Phi) is 5.84. The monoisotopic (exact) mass is 314 g/mol. The molecule has 5 nitrogen and oxygen atoms in total. The molecule has 0 saturated carbocycles. The summed E-state index contributed by atoms with van der Waals surface area (Å²) in [5.74, 6) is -0.199. The number of hydrogen-bond donors (Lipinski definition) is 3. The standard InChI is InChI=1S/C18H22N2O3/c1-12-9-13(2)20-17(10-12)14-3-5-15(6-4-14)18(23)19-8-7-16(22)11-21/h3-6,9-10,16,21-22H,7-8,11H2,1-2H3,(H,19,23). The number of nitrogens with one attached hydrogen (secondary N) is 1. The Morgan fingerprint density at radius 1 is 1.22 bits per heavy atom. The van der Waals surface area contributed by atoms with Crippen molar-refractivity contribution in [1.29, 1.82) is 0 Å². The number of aromatic nitrogens is 1. The maximum atomic E-state index is 12.0. The third-order valence-electron chi connectivity index (χ3n) is 3.51. The minimum absolute atomic E-state index is 0.199.